The lowest BCUT2D eigenvalue weighted by Crippen LogP contribution is -2.28. The van der Waals surface area contributed by atoms with Gasteiger partial charge in [-0.3, -0.25) is 4.98 Å². The number of aryl methyl sites for hydroxylation is 1. The van der Waals surface area contributed by atoms with Crippen LogP contribution in [0, 0.1) is 6.92 Å². The molecule has 0 bridgehead atoms. The summed E-state index contributed by atoms with van der Waals surface area (Å²) in [7, 11) is 1.68. The first kappa shape index (κ1) is 17.9. The van der Waals surface area contributed by atoms with Crippen LogP contribution in [0.4, 0.5) is 0 Å². The summed E-state index contributed by atoms with van der Waals surface area (Å²) in [6, 6.07) is 18.7. The van der Waals surface area contributed by atoms with Crippen molar-refractivity contribution in [1.29, 1.82) is 0 Å². The number of hydrogen-bond acceptors (Lipinski definition) is 4. The average Bonchev–Trinajstić information content (AvgIpc) is 3.26. The lowest BCUT2D eigenvalue weighted by Gasteiger charge is -2.27. The number of pyridine rings is 1. The Bertz CT molecular complexity index is 924. The van der Waals surface area contributed by atoms with Crippen molar-refractivity contribution in [3.8, 4) is 5.75 Å². The number of rotatable bonds is 5. The molecule has 3 aromatic rings. The quantitative estimate of drug-likeness (QED) is 0.638. The molecule has 4 rings (SSSR count). The molecule has 138 valence electrons. The summed E-state index contributed by atoms with van der Waals surface area (Å²) >= 11 is 7.53. The van der Waals surface area contributed by atoms with Crippen LogP contribution in [-0.2, 0) is 6.54 Å². The number of hydrogen-bond donors (Lipinski definition) is 1. The van der Waals surface area contributed by atoms with Crippen molar-refractivity contribution in [3.63, 3.8) is 0 Å². The van der Waals surface area contributed by atoms with Crippen LogP contribution in [0.1, 0.15) is 33.1 Å². The molecule has 4 nitrogen and oxygen atoms in total. The molecule has 1 fully saturated rings. The van der Waals surface area contributed by atoms with Crippen LogP contribution < -0.4 is 10.1 Å². The maximum Gasteiger partial charge on any atom is 0.170 e. The number of aromatic nitrogens is 1. The smallest absolute Gasteiger partial charge is 0.170 e. The summed E-state index contributed by atoms with van der Waals surface area (Å²) in [6.45, 7) is 2.87. The maximum atomic E-state index is 5.72. The normalized spacial score (nSPS) is 19.2. The van der Waals surface area contributed by atoms with Crippen molar-refractivity contribution in [3.05, 3.63) is 81.8 Å². The summed E-state index contributed by atoms with van der Waals surface area (Å²) in [5.41, 5.74) is 2.20. The molecule has 0 spiro atoms. The zero-order valence-corrected chi connectivity index (χ0v) is 16.9. The fourth-order valence-electron chi connectivity index (χ4n) is 3.42. The molecule has 1 aliphatic heterocycles. The Balaban J connectivity index is 1.68. The zero-order chi connectivity index (χ0) is 18.8. The minimum atomic E-state index is 0.0370. The van der Waals surface area contributed by atoms with Gasteiger partial charge in [-0.1, -0.05) is 18.2 Å². The lowest BCUT2D eigenvalue weighted by molar-refractivity contribution is 0.315. The molecule has 0 amide bonds. The minimum Gasteiger partial charge on any atom is -0.497 e. The highest BCUT2D eigenvalue weighted by atomic mass is 32.1. The number of nitrogens with one attached hydrogen (secondary N) is 1. The highest BCUT2D eigenvalue weighted by Crippen LogP contribution is 2.41. The first-order valence-corrected chi connectivity index (χ1v) is 10.1. The molecule has 27 heavy (non-hydrogen) atoms. The van der Waals surface area contributed by atoms with E-state index < -0.39 is 0 Å². The molecule has 0 radical (unpaired) electrons. The van der Waals surface area contributed by atoms with Crippen LogP contribution in [0.3, 0.4) is 0 Å². The molecule has 0 aliphatic carbocycles. The second-order valence-electron chi connectivity index (χ2n) is 6.55. The number of thiocarbonyl (C=S) groups is 1. The van der Waals surface area contributed by atoms with E-state index in [1.54, 1.807) is 7.11 Å². The van der Waals surface area contributed by atoms with Gasteiger partial charge >= 0.3 is 0 Å². The van der Waals surface area contributed by atoms with E-state index >= 15 is 0 Å². The fraction of sp³-hybridized carbons (Fsp3) is 0.238. The van der Waals surface area contributed by atoms with E-state index in [-0.39, 0.29) is 12.1 Å². The molecule has 6 heteroatoms. The van der Waals surface area contributed by atoms with Crippen LogP contribution in [0.25, 0.3) is 0 Å². The predicted molar refractivity (Wildman–Crippen MR) is 113 cm³/mol. The van der Waals surface area contributed by atoms with Gasteiger partial charge in [-0.15, -0.1) is 11.3 Å². The Morgan fingerprint density at radius 3 is 2.59 bits per heavy atom. The SMILES string of the molecule is COc1ccc(CN2C(=S)N[C@@H](c3ccccn3)[C@@H]2c2ccc(C)s2)cc1. The van der Waals surface area contributed by atoms with Crippen molar-refractivity contribution >= 4 is 28.7 Å². The molecule has 2 atom stereocenters. The van der Waals surface area contributed by atoms with Crippen molar-refractivity contribution in [2.24, 2.45) is 0 Å². The van der Waals surface area contributed by atoms with Gasteiger partial charge in [-0.25, -0.2) is 0 Å². The van der Waals surface area contributed by atoms with E-state index in [1.807, 2.05) is 41.8 Å². The van der Waals surface area contributed by atoms with Crippen LogP contribution in [-0.4, -0.2) is 22.1 Å². The van der Waals surface area contributed by atoms with Crippen LogP contribution in [0.15, 0.2) is 60.8 Å². The van der Waals surface area contributed by atoms with E-state index in [0.717, 1.165) is 23.1 Å². The largest absolute Gasteiger partial charge is 0.497 e. The second kappa shape index (κ2) is 7.66. The lowest BCUT2D eigenvalue weighted by atomic mass is 10.0. The van der Waals surface area contributed by atoms with Gasteiger partial charge < -0.3 is 15.0 Å². The highest BCUT2D eigenvalue weighted by Gasteiger charge is 2.40. The molecule has 0 unspecified atom stereocenters. The number of nitrogens with zero attached hydrogens (tertiary/aromatic N) is 2. The Kier molecular flexibility index (Phi) is 5.09. The van der Waals surface area contributed by atoms with Gasteiger partial charge in [-0.2, -0.15) is 0 Å². The molecule has 3 heterocycles. The van der Waals surface area contributed by atoms with Crippen molar-refractivity contribution in [2.75, 3.05) is 7.11 Å². The van der Waals surface area contributed by atoms with Gasteiger partial charge in [0.2, 0.25) is 0 Å². The standard InChI is InChI=1S/C21H21N3OS2/c1-14-6-11-18(27-14)20-19(17-5-3-4-12-22-17)23-21(26)24(20)13-15-7-9-16(25-2)10-8-15/h3-12,19-20H,13H2,1-2H3,(H,23,26)/t19-,20-/m0/s1. The number of ether oxygens (including phenoxy) is 1. The second-order valence-corrected chi connectivity index (χ2v) is 8.26. The molecule has 0 saturated carbocycles. The van der Waals surface area contributed by atoms with Gasteiger partial charge in [0.25, 0.3) is 0 Å². The first-order valence-electron chi connectivity index (χ1n) is 8.83. The van der Waals surface area contributed by atoms with Gasteiger partial charge in [0.15, 0.2) is 5.11 Å². The summed E-state index contributed by atoms with van der Waals surface area (Å²) in [5.74, 6) is 0.859. The van der Waals surface area contributed by atoms with Crippen molar-refractivity contribution in [1.82, 2.24) is 15.2 Å². The first-order chi connectivity index (χ1) is 13.2. The molecular weight excluding hydrogens is 374 g/mol. The summed E-state index contributed by atoms with van der Waals surface area (Å²) in [6.07, 6.45) is 1.84. The molecule has 1 aliphatic rings. The van der Waals surface area contributed by atoms with Gasteiger partial charge in [0, 0.05) is 22.5 Å². The summed E-state index contributed by atoms with van der Waals surface area (Å²) in [5, 5.41) is 4.26. The Morgan fingerprint density at radius 1 is 1.15 bits per heavy atom. The number of thiophene rings is 1. The van der Waals surface area contributed by atoms with Gasteiger partial charge in [0.05, 0.1) is 24.9 Å². The Hall–Kier alpha value is -2.44. The average molecular weight is 396 g/mol. The monoisotopic (exact) mass is 395 g/mol. The molecular formula is C21H21N3OS2. The summed E-state index contributed by atoms with van der Waals surface area (Å²) in [4.78, 5) is 9.44. The highest BCUT2D eigenvalue weighted by molar-refractivity contribution is 7.80. The Morgan fingerprint density at radius 2 is 1.96 bits per heavy atom. The van der Waals surface area contributed by atoms with Crippen molar-refractivity contribution < 1.29 is 4.74 Å². The van der Waals surface area contributed by atoms with Crippen molar-refractivity contribution in [2.45, 2.75) is 25.6 Å². The molecule has 1 aromatic carbocycles. The van der Waals surface area contributed by atoms with Crippen LogP contribution in [0.5, 0.6) is 5.75 Å². The summed E-state index contributed by atoms with van der Waals surface area (Å²) < 4.78 is 5.27. The van der Waals surface area contributed by atoms with Crippen LogP contribution >= 0.6 is 23.6 Å². The minimum absolute atomic E-state index is 0.0370. The van der Waals surface area contributed by atoms with E-state index in [1.165, 1.54) is 15.3 Å². The number of methoxy groups -OCH3 is 1. The van der Waals surface area contributed by atoms with E-state index in [9.17, 15) is 0 Å². The third-order valence-corrected chi connectivity index (χ3v) is 6.19. The topological polar surface area (TPSA) is 37.4 Å². The van der Waals surface area contributed by atoms with E-state index in [4.69, 9.17) is 17.0 Å². The van der Waals surface area contributed by atoms with Gasteiger partial charge in [-0.05, 0) is 61.1 Å². The molecule has 2 aromatic heterocycles. The van der Waals surface area contributed by atoms with E-state index in [0.29, 0.717) is 0 Å². The third kappa shape index (κ3) is 3.68. The number of benzene rings is 1. The molecule has 1 saturated heterocycles. The third-order valence-electron chi connectivity index (χ3n) is 4.76. The predicted octanol–water partition coefficient (Wildman–Crippen LogP) is 4.63. The fourth-order valence-corrected chi connectivity index (χ4v) is 4.76. The zero-order valence-electron chi connectivity index (χ0n) is 15.3. The van der Waals surface area contributed by atoms with E-state index in [2.05, 4.69) is 52.5 Å². The maximum absolute atomic E-state index is 5.72. The molecule has 1 N–H and O–H groups in total. The Labute approximate surface area is 168 Å². The van der Waals surface area contributed by atoms with Gasteiger partial charge in [0.1, 0.15) is 5.75 Å². The van der Waals surface area contributed by atoms with Crippen LogP contribution in [0.2, 0.25) is 0 Å².